The van der Waals surface area contributed by atoms with Crippen molar-refractivity contribution in [3.05, 3.63) is 28.8 Å². The van der Waals surface area contributed by atoms with Gasteiger partial charge in [0.25, 0.3) is 5.91 Å². The van der Waals surface area contributed by atoms with Crippen molar-refractivity contribution in [3.8, 4) is 0 Å². The topological polar surface area (TPSA) is 78.5 Å². The van der Waals surface area contributed by atoms with Gasteiger partial charge >= 0.3 is 6.03 Å². The molecule has 1 saturated heterocycles. The van der Waals surface area contributed by atoms with Gasteiger partial charge in [-0.25, -0.2) is 4.79 Å². The molecular weight excluding hydrogens is 366 g/mol. The number of nitrogens with one attached hydrogen (secondary N) is 2. The number of imide groups is 1. The fourth-order valence-corrected chi connectivity index (χ4v) is 4.98. The number of anilines is 1. The highest BCUT2D eigenvalue weighted by molar-refractivity contribution is 6.30. The van der Waals surface area contributed by atoms with Crippen LogP contribution >= 0.6 is 11.6 Å². The summed E-state index contributed by atoms with van der Waals surface area (Å²) < 4.78 is 0. The molecule has 7 heteroatoms. The smallest absolute Gasteiger partial charge is 0.324 e. The van der Waals surface area contributed by atoms with Gasteiger partial charge in [-0.15, -0.1) is 0 Å². The highest BCUT2D eigenvalue weighted by atomic mass is 35.5. The predicted molar refractivity (Wildman–Crippen MR) is 105 cm³/mol. The van der Waals surface area contributed by atoms with E-state index in [9.17, 15) is 14.4 Å². The zero-order valence-electron chi connectivity index (χ0n) is 16.2. The third kappa shape index (κ3) is 3.95. The van der Waals surface area contributed by atoms with E-state index in [1.54, 1.807) is 18.2 Å². The second-order valence-electron chi connectivity index (χ2n) is 8.77. The number of aryl methyl sites for hydroxylation is 1. The van der Waals surface area contributed by atoms with Crippen LogP contribution in [0.2, 0.25) is 5.02 Å². The van der Waals surface area contributed by atoms with E-state index in [-0.39, 0.29) is 17.9 Å². The molecule has 2 aliphatic rings. The Labute approximate surface area is 164 Å². The van der Waals surface area contributed by atoms with Gasteiger partial charge in [-0.2, -0.15) is 0 Å². The average Bonchev–Trinajstić information content (AvgIpc) is 2.72. The Hall–Kier alpha value is -2.08. The summed E-state index contributed by atoms with van der Waals surface area (Å²) in [7, 11) is 0. The number of urea groups is 1. The molecule has 0 unspecified atom stereocenters. The number of nitrogens with zero attached hydrogens (tertiary/aromatic N) is 1. The van der Waals surface area contributed by atoms with Crippen molar-refractivity contribution in [1.29, 1.82) is 0 Å². The van der Waals surface area contributed by atoms with E-state index in [1.165, 1.54) is 0 Å². The Balaban J connectivity index is 1.73. The van der Waals surface area contributed by atoms with Crippen molar-refractivity contribution in [2.24, 2.45) is 11.3 Å². The van der Waals surface area contributed by atoms with Gasteiger partial charge in [0.1, 0.15) is 12.1 Å². The lowest BCUT2D eigenvalue weighted by atomic mass is 9.64. The van der Waals surface area contributed by atoms with Crippen LogP contribution in [0, 0.1) is 18.3 Å². The standard InChI is InChI=1S/C20H26ClN3O3/c1-12-8-19(3,4)11-20(9-12)17(26)24(18(27)23-20)10-16(25)22-15-6-5-14(21)7-13(15)2/h5-7,12H,8-11H2,1-4H3,(H,22,25)(H,23,27)/t12-,20+/m0/s1. The van der Waals surface area contributed by atoms with Crippen molar-refractivity contribution in [2.75, 3.05) is 11.9 Å². The van der Waals surface area contributed by atoms with Gasteiger partial charge in [0.2, 0.25) is 5.91 Å². The summed E-state index contributed by atoms with van der Waals surface area (Å²) in [4.78, 5) is 39.0. The molecule has 146 valence electrons. The molecule has 27 heavy (non-hydrogen) atoms. The molecular formula is C20H26ClN3O3. The fourth-order valence-electron chi connectivity index (χ4n) is 4.75. The molecule has 2 fully saturated rings. The molecule has 4 amide bonds. The lowest BCUT2D eigenvalue weighted by Gasteiger charge is -2.43. The van der Waals surface area contributed by atoms with Crippen LogP contribution in [0.4, 0.5) is 10.5 Å². The maximum absolute atomic E-state index is 13.1. The summed E-state index contributed by atoms with van der Waals surface area (Å²) in [6, 6.07) is 4.63. The first kappa shape index (κ1) is 19.7. The largest absolute Gasteiger partial charge is 0.325 e. The number of carbonyl (C=O) groups is 3. The third-order valence-corrected chi connectivity index (χ3v) is 5.62. The van der Waals surface area contributed by atoms with Gasteiger partial charge in [-0.05, 0) is 61.3 Å². The van der Waals surface area contributed by atoms with E-state index in [1.807, 2.05) is 6.92 Å². The molecule has 6 nitrogen and oxygen atoms in total. The van der Waals surface area contributed by atoms with Crippen molar-refractivity contribution >= 4 is 35.1 Å². The van der Waals surface area contributed by atoms with Crippen LogP contribution in [-0.4, -0.2) is 34.8 Å². The van der Waals surface area contributed by atoms with Gasteiger partial charge in [0, 0.05) is 10.7 Å². The summed E-state index contributed by atoms with van der Waals surface area (Å²) in [5.74, 6) is -0.386. The minimum Gasteiger partial charge on any atom is -0.324 e. The second kappa shape index (κ2) is 6.82. The first-order valence-electron chi connectivity index (χ1n) is 9.21. The molecule has 1 aromatic rings. The van der Waals surface area contributed by atoms with Gasteiger partial charge in [0.05, 0.1) is 0 Å². The van der Waals surface area contributed by atoms with Crippen LogP contribution in [0.15, 0.2) is 18.2 Å². The molecule has 1 heterocycles. The first-order valence-corrected chi connectivity index (χ1v) is 9.59. The Morgan fingerprint density at radius 1 is 1.33 bits per heavy atom. The van der Waals surface area contributed by atoms with E-state index in [2.05, 4.69) is 31.4 Å². The van der Waals surface area contributed by atoms with Gasteiger partial charge in [-0.3, -0.25) is 14.5 Å². The summed E-state index contributed by atoms with van der Waals surface area (Å²) in [6.45, 7) is 7.85. The molecule has 1 aliphatic carbocycles. The van der Waals surface area contributed by atoms with Crippen LogP contribution in [0.1, 0.15) is 45.6 Å². The Kier molecular flexibility index (Phi) is 4.97. The summed E-state index contributed by atoms with van der Waals surface area (Å²) in [5.41, 5.74) is 0.486. The lowest BCUT2D eigenvalue weighted by Crippen LogP contribution is -2.54. The van der Waals surface area contributed by atoms with Crippen molar-refractivity contribution in [1.82, 2.24) is 10.2 Å². The highest BCUT2D eigenvalue weighted by Crippen LogP contribution is 2.46. The Morgan fingerprint density at radius 3 is 2.67 bits per heavy atom. The quantitative estimate of drug-likeness (QED) is 0.770. The fraction of sp³-hybridized carbons (Fsp3) is 0.550. The van der Waals surface area contributed by atoms with Gasteiger partial charge in [-0.1, -0.05) is 32.4 Å². The zero-order valence-corrected chi connectivity index (χ0v) is 16.9. The molecule has 0 aromatic heterocycles. The monoisotopic (exact) mass is 391 g/mol. The molecule has 3 rings (SSSR count). The second-order valence-corrected chi connectivity index (χ2v) is 9.20. The Bertz CT molecular complexity index is 808. The van der Waals surface area contributed by atoms with E-state index < -0.39 is 17.5 Å². The molecule has 2 atom stereocenters. The number of hydrogen-bond donors (Lipinski definition) is 2. The number of hydrogen-bond acceptors (Lipinski definition) is 3. The zero-order chi connectivity index (χ0) is 20.0. The minimum atomic E-state index is -0.894. The van der Waals surface area contributed by atoms with Gasteiger partial charge < -0.3 is 10.6 Å². The molecule has 0 radical (unpaired) electrons. The molecule has 2 N–H and O–H groups in total. The minimum absolute atomic E-state index is 0.0424. The van der Waals surface area contributed by atoms with Crippen molar-refractivity contribution < 1.29 is 14.4 Å². The third-order valence-electron chi connectivity index (χ3n) is 5.39. The lowest BCUT2D eigenvalue weighted by molar-refractivity contribution is -0.136. The maximum atomic E-state index is 13.1. The molecule has 1 aromatic carbocycles. The van der Waals surface area contributed by atoms with Crippen LogP contribution < -0.4 is 10.6 Å². The van der Waals surface area contributed by atoms with Crippen LogP contribution in [-0.2, 0) is 9.59 Å². The molecule has 1 spiro atoms. The van der Waals surface area contributed by atoms with Crippen molar-refractivity contribution in [3.63, 3.8) is 0 Å². The predicted octanol–water partition coefficient (Wildman–Crippen LogP) is 3.72. The number of rotatable bonds is 3. The normalized spacial score (nSPS) is 27.0. The van der Waals surface area contributed by atoms with E-state index >= 15 is 0 Å². The van der Waals surface area contributed by atoms with Crippen LogP contribution in [0.3, 0.4) is 0 Å². The van der Waals surface area contributed by atoms with E-state index in [0.29, 0.717) is 29.5 Å². The van der Waals surface area contributed by atoms with Crippen LogP contribution in [0.25, 0.3) is 0 Å². The molecule has 0 bridgehead atoms. The summed E-state index contributed by atoms with van der Waals surface area (Å²) in [5, 5.41) is 6.21. The van der Waals surface area contributed by atoms with E-state index in [0.717, 1.165) is 16.9 Å². The summed E-state index contributed by atoms with van der Waals surface area (Å²) in [6.07, 6.45) is 2.20. The molecule has 1 saturated carbocycles. The number of carbonyl (C=O) groups excluding carboxylic acids is 3. The maximum Gasteiger partial charge on any atom is 0.325 e. The SMILES string of the molecule is Cc1cc(Cl)ccc1NC(=O)CN1C(=O)N[C@@]2(C[C@@H](C)CC(C)(C)C2)C1=O. The van der Waals surface area contributed by atoms with E-state index in [4.69, 9.17) is 11.6 Å². The first-order chi connectivity index (χ1) is 12.5. The number of benzene rings is 1. The Morgan fingerprint density at radius 2 is 2.04 bits per heavy atom. The van der Waals surface area contributed by atoms with Crippen molar-refractivity contribution in [2.45, 2.75) is 52.5 Å². The summed E-state index contributed by atoms with van der Waals surface area (Å²) >= 11 is 5.93. The van der Waals surface area contributed by atoms with Gasteiger partial charge in [0.15, 0.2) is 0 Å². The number of amides is 4. The molecule has 1 aliphatic heterocycles. The highest BCUT2D eigenvalue weighted by Gasteiger charge is 2.56. The average molecular weight is 392 g/mol. The van der Waals surface area contributed by atoms with Crippen LogP contribution in [0.5, 0.6) is 0 Å². The number of halogens is 1.